The minimum atomic E-state index is -0.479. The molecular formula is C18H22ClN3O5. The van der Waals surface area contributed by atoms with Crippen LogP contribution in [0.3, 0.4) is 0 Å². The SMILES string of the molecule is COc1cc(CCNC(=O)Cc2ccc(N)cc2)c([N+](=O)[O-])cc1OC.Cl. The number of anilines is 1. The van der Waals surface area contributed by atoms with Crippen molar-refractivity contribution in [1.82, 2.24) is 5.32 Å². The van der Waals surface area contributed by atoms with Crippen LogP contribution in [0.2, 0.25) is 0 Å². The molecule has 0 aliphatic heterocycles. The molecule has 146 valence electrons. The van der Waals surface area contributed by atoms with Gasteiger partial charge in [0.1, 0.15) is 0 Å². The number of nitrogen functional groups attached to an aromatic ring is 1. The van der Waals surface area contributed by atoms with Gasteiger partial charge < -0.3 is 20.5 Å². The Kier molecular flexibility index (Phi) is 8.34. The summed E-state index contributed by atoms with van der Waals surface area (Å²) in [6, 6.07) is 9.92. The monoisotopic (exact) mass is 395 g/mol. The van der Waals surface area contributed by atoms with Crippen molar-refractivity contribution in [2.24, 2.45) is 0 Å². The van der Waals surface area contributed by atoms with Crippen LogP contribution in [0, 0.1) is 10.1 Å². The molecule has 0 radical (unpaired) electrons. The van der Waals surface area contributed by atoms with E-state index in [0.717, 1.165) is 5.56 Å². The Bertz CT molecular complexity index is 796. The zero-order valence-corrected chi connectivity index (χ0v) is 15.9. The molecule has 2 aromatic rings. The number of nitrogens with two attached hydrogens (primary N) is 1. The normalized spacial score (nSPS) is 9.85. The molecule has 8 nitrogen and oxygen atoms in total. The first-order valence-electron chi connectivity index (χ1n) is 7.95. The van der Waals surface area contributed by atoms with Crippen molar-refractivity contribution in [3.8, 4) is 11.5 Å². The Hall–Kier alpha value is -3.00. The maximum atomic E-state index is 12.0. The van der Waals surface area contributed by atoms with Gasteiger partial charge in [-0.05, 0) is 30.2 Å². The van der Waals surface area contributed by atoms with Gasteiger partial charge in [0.2, 0.25) is 5.91 Å². The van der Waals surface area contributed by atoms with Gasteiger partial charge in [0.25, 0.3) is 5.69 Å². The van der Waals surface area contributed by atoms with Crippen molar-refractivity contribution >= 4 is 29.7 Å². The number of nitrogens with zero attached hydrogens (tertiary/aromatic N) is 1. The molecule has 0 atom stereocenters. The number of benzene rings is 2. The van der Waals surface area contributed by atoms with Crippen LogP contribution >= 0.6 is 12.4 Å². The van der Waals surface area contributed by atoms with Crippen LogP contribution in [0.1, 0.15) is 11.1 Å². The zero-order chi connectivity index (χ0) is 19.1. The standard InChI is InChI=1S/C18H21N3O5.ClH/c1-25-16-10-13(15(21(23)24)11-17(16)26-2)7-8-20-18(22)9-12-3-5-14(19)6-4-12;/h3-6,10-11H,7-9,19H2,1-2H3,(H,20,22);1H. The minimum absolute atomic E-state index is 0. The second-order valence-corrected chi connectivity index (χ2v) is 5.61. The fourth-order valence-corrected chi connectivity index (χ4v) is 2.50. The third kappa shape index (κ3) is 6.03. The average Bonchev–Trinajstić information content (AvgIpc) is 2.62. The van der Waals surface area contributed by atoms with E-state index in [4.69, 9.17) is 15.2 Å². The van der Waals surface area contributed by atoms with Crippen LogP contribution in [-0.2, 0) is 17.6 Å². The Morgan fingerprint density at radius 3 is 2.30 bits per heavy atom. The fourth-order valence-electron chi connectivity index (χ4n) is 2.50. The lowest BCUT2D eigenvalue weighted by Crippen LogP contribution is -2.27. The number of halogens is 1. The third-order valence-corrected chi connectivity index (χ3v) is 3.84. The fraction of sp³-hybridized carbons (Fsp3) is 0.278. The van der Waals surface area contributed by atoms with E-state index < -0.39 is 4.92 Å². The van der Waals surface area contributed by atoms with E-state index in [2.05, 4.69) is 5.32 Å². The van der Waals surface area contributed by atoms with Gasteiger partial charge in [-0.2, -0.15) is 0 Å². The lowest BCUT2D eigenvalue weighted by atomic mass is 10.1. The highest BCUT2D eigenvalue weighted by atomic mass is 35.5. The minimum Gasteiger partial charge on any atom is -0.493 e. The molecular weight excluding hydrogens is 374 g/mol. The second kappa shape index (κ2) is 10.2. The summed E-state index contributed by atoms with van der Waals surface area (Å²) in [5.74, 6) is 0.523. The first-order chi connectivity index (χ1) is 12.4. The summed E-state index contributed by atoms with van der Waals surface area (Å²) in [7, 11) is 2.88. The summed E-state index contributed by atoms with van der Waals surface area (Å²) in [5, 5.41) is 14.0. The third-order valence-electron chi connectivity index (χ3n) is 3.84. The van der Waals surface area contributed by atoms with Gasteiger partial charge in [0, 0.05) is 17.8 Å². The molecule has 0 fully saturated rings. The van der Waals surface area contributed by atoms with E-state index in [1.54, 1.807) is 30.3 Å². The highest BCUT2D eigenvalue weighted by Crippen LogP contribution is 2.34. The van der Waals surface area contributed by atoms with Crippen molar-refractivity contribution in [2.45, 2.75) is 12.8 Å². The van der Waals surface area contributed by atoms with Crippen LogP contribution < -0.4 is 20.5 Å². The van der Waals surface area contributed by atoms with Crippen LogP contribution in [0.15, 0.2) is 36.4 Å². The highest BCUT2D eigenvalue weighted by molar-refractivity contribution is 5.85. The second-order valence-electron chi connectivity index (χ2n) is 5.61. The molecule has 0 aromatic heterocycles. The lowest BCUT2D eigenvalue weighted by Gasteiger charge is -2.11. The number of amides is 1. The molecule has 0 heterocycles. The topological polar surface area (TPSA) is 117 Å². The number of carbonyl (C=O) groups excluding carboxylic acids is 1. The molecule has 9 heteroatoms. The van der Waals surface area contributed by atoms with Gasteiger partial charge in [-0.25, -0.2) is 0 Å². The Morgan fingerprint density at radius 2 is 1.74 bits per heavy atom. The molecule has 1 amide bonds. The number of carbonyl (C=O) groups is 1. The number of nitro groups is 1. The summed E-state index contributed by atoms with van der Waals surface area (Å²) in [6.45, 7) is 0.268. The van der Waals surface area contributed by atoms with Crippen LogP contribution in [-0.4, -0.2) is 31.6 Å². The highest BCUT2D eigenvalue weighted by Gasteiger charge is 2.19. The van der Waals surface area contributed by atoms with Crippen molar-refractivity contribution in [1.29, 1.82) is 0 Å². The molecule has 27 heavy (non-hydrogen) atoms. The van der Waals surface area contributed by atoms with Crippen LogP contribution in [0.4, 0.5) is 11.4 Å². The van der Waals surface area contributed by atoms with Gasteiger partial charge >= 0.3 is 0 Å². The van der Waals surface area contributed by atoms with E-state index in [-0.39, 0.29) is 42.7 Å². The molecule has 0 saturated carbocycles. The number of nitrogens with one attached hydrogen (secondary N) is 1. The zero-order valence-electron chi connectivity index (χ0n) is 15.1. The maximum absolute atomic E-state index is 12.0. The van der Waals surface area contributed by atoms with Crippen LogP contribution in [0.25, 0.3) is 0 Å². The molecule has 0 saturated heterocycles. The van der Waals surface area contributed by atoms with Gasteiger partial charge in [-0.1, -0.05) is 12.1 Å². The molecule has 0 spiro atoms. The molecule has 0 aliphatic carbocycles. The van der Waals surface area contributed by atoms with E-state index in [0.29, 0.717) is 23.4 Å². The molecule has 3 N–H and O–H groups in total. The smallest absolute Gasteiger partial charge is 0.276 e. The average molecular weight is 396 g/mol. The largest absolute Gasteiger partial charge is 0.493 e. The van der Waals surface area contributed by atoms with E-state index in [1.807, 2.05) is 0 Å². The molecule has 0 aliphatic rings. The number of ether oxygens (including phenoxy) is 2. The van der Waals surface area contributed by atoms with Gasteiger partial charge in [-0.3, -0.25) is 14.9 Å². The quantitative estimate of drug-likeness (QED) is 0.403. The Labute approximate surface area is 163 Å². The number of nitro benzene ring substituents is 1. The Balaban J connectivity index is 0.00000364. The molecule has 0 unspecified atom stereocenters. The van der Waals surface area contributed by atoms with Gasteiger partial charge in [0.05, 0.1) is 31.6 Å². The number of hydrogen-bond donors (Lipinski definition) is 2. The van der Waals surface area contributed by atoms with Crippen molar-refractivity contribution in [3.05, 3.63) is 57.6 Å². The summed E-state index contributed by atoms with van der Waals surface area (Å²) in [5.41, 5.74) is 7.47. The van der Waals surface area contributed by atoms with E-state index in [1.165, 1.54) is 20.3 Å². The Morgan fingerprint density at radius 1 is 1.15 bits per heavy atom. The summed E-state index contributed by atoms with van der Waals surface area (Å²) in [6.07, 6.45) is 0.512. The van der Waals surface area contributed by atoms with Crippen LogP contribution in [0.5, 0.6) is 11.5 Å². The maximum Gasteiger partial charge on any atom is 0.276 e. The van der Waals surface area contributed by atoms with Gasteiger partial charge in [-0.15, -0.1) is 12.4 Å². The predicted octanol–water partition coefficient (Wildman–Crippen LogP) is 2.52. The number of rotatable bonds is 8. The summed E-state index contributed by atoms with van der Waals surface area (Å²) < 4.78 is 10.3. The first-order valence-corrected chi connectivity index (χ1v) is 7.95. The summed E-state index contributed by atoms with van der Waals surface area (Å²) >= 11 is 0. The molecule has 2 rings (SSSR count). The number of hydrogen-bond acceptors (Lipinski definition) is 6. The van der Waals surface area contributed by atoms with Crippen molar-refractivity contribution in [2.75, 3.05) is 26.5 Å². The van der Waals surface area contributed by atoms with E-state index in [9.17, 15) is 14.9 Å². The van der Waals surface area contributed by atoms with Crippen molar-refractivity contribution < 1.29 is 19.2 Å². The lowest BCUT2D eigenvalue weighted by molar-refractivity contribution is -0.385. The van der Waals surface area contributed by atoms with Gasteiger partial charge in [0.15, 0.2) is 11.5 Å². The van der Waals surface area contributed by atoms with E-state index >= 15 is 0 Å². The van der Waals surface area contributed by atoms with Crippen molar-refractivity contribution in [3.63, 3.8) is 0 Å². The predicted molar refractivity (Wildman–Crippen MR) is 105 cm³/mol. The molecule has 0 bridgehead atoms. The molecule has 2 aromatic carbocycles. The summed E-state index contributed by atoms with van der Waals surface area (Å²) in [4.78, 5) is 22.8. The number of methoxy groups -OCH3 is 2. The first kappa shape index (κ1) is 22.0.